The topological polar surface area (TPSA) is 101 Å². The molecule has 9 heteroatoms. The van der Waals surface area contributed by atoms with Crippen LogP contribution < -0.4 is 10.0 Å². The number of amides is 1. The van der Waals surface area contributed by atoms with E-state index in [0.29, 0.717) is 5.69 Å². The molecule has 0 saturated carbocycles. The highest BCUT2D eigenvalue weighted by molar-refractivity contribution is 7.92. The Hall–Kier alpha value is -3.20. The number of hydrogen-bond acceptors (Lipinski definition) is 5. The number of hydrogen-bond donors (Lipinski definition) is 2. The van der Waals surface area contributed by atoms with E-state index >= 15 is 0 Å². The van der Waals surface area contributed by atoms with Crippen molar-refractivity contribution in [3.63, 3.8) is 0 Å². The Morgan fingerprint density at radius 1 is 1.07 bits per heavy atom. The maximum atomic E-state index is 13.0. The van der Waals surface area contributed by atoms with Crippen LogP contribution in [0.2, 0.25) is 0 Å². The van der Waals surface area contributed by atoms with Crippen molar-refractivity contribution < 1.29 is 22.1 Å². The van der Waals surface area contributed by atoms with Gasteiger partial charge in [0.1, 0.15) is 11.5 Å². The quantitative estimate of drug-likeness (QED) is 0.696. The Morgan fingerprint density at radius 2 is 1.74 bits per heavy atom. The maximum absolute atomic E-state index is 13.0. The summed E-state index contributed by atoms with van der Waals surface area (Å²) in [5.74, 6) is -0.826. The van der Waals surface area contributed by atoms with E-state index in [4.69, 9.17) is 4.52 Å². The fraction of sp³-hybridized carbons (Fsp3) is 0.111. The van der Waals surface area contributed by atoms with Gasteiger partial charge in [-0.15, -0.1) is 0 Å². The second-order valence-corrected chi connectivity index (χ2v) is 7.38. The van der Waals surface area contributed by atoms with Crippen LogP contribution in [0, 0.1) is 19.7 Å². The molecule has 0 unspecified atom stereocenters. The molecular formula is C18H16FN3O4S. The van der Waals surface area contributed by atoms with Gasteiger partial charge in [-0.3, -0.25) is 9.52 Å². The molecule has 2 N–H and O–H groups in total. The predicted molar refractivity (Wildman–Crippen MR) is 97.6 cm³/mol. The van der Waals surface area contributed by atoms with Crippen LogP contribution in [0.3, 0.4) is 0 Å². The molecule has 0 radical (unpaired) electrons. The minimum absolute atomic E-state index is 0.0729. The second-order valence-electron chi connectivity index (χ2n) is 5.77. The summed E-state index contributed by atoms with van der Waals surface area (Å²) in [7, 11) is -4.00. The molecule has 0 aliphatic carbocycles. The molecule has 0 bridgehead atoms. The van der Waals surface area contributed by atoms with E-state index in [-0.39, 0.29) is 27.6 Å². The summed E-state index contributed by atoms with van der Waals surface area (Å²) >= 11 is 0. The lowest BCUT2D eigenvalue weighted by molar-refractivity contribution is 0.102. The number of rotatable bonds is 5. The summed E-state index contributed by atoms with van der Waals surface area (Å²) in [4.78, 5) is 12.5. The first kappa shape index (κ1) is 18.6. The number of carbonyl (C=O) groups excluding carboxylic acids is 1. The van der Waals surface area contributed by atoms with E-state index in [1.54, 1.807) is 12.1 Å². The molecule has 0 saturated heterocycles. The van der Waals surface area contributed by atoms with E-state index < -0.39 is 21.7 Å². The van der Waals surface area contributed by atoms with Gasteiger partial charge in [-0.1, -0.05) is 17.3 Å². The van der Waals surface area contributed by atoms with Crippen molar-refractivity contribution in [2.75, 3.05) is 10.0 Å². The summed E-state index contributed by atoms with van der Waals surface area (Å²) in [6.45, 7) is 3.00. The van der Waals surface area contributed by atoms with Crippen molar-refractivity contribution in [1.82, 2.24) is 5.16 Å². The molecule has 3 rings (SSSR count). The zero-order chi connectivity index (χ0) is 19.6. The number of nitrogens with zero attached hydrogens (tertiary/aromatic N) is 1. The van der Waals surface area contributed by atoms with Crippen molar-refractivity contribution in [3.8, 4) is 0 Å². The molecule has 0 spiro atoms. The zero-order valence-electron chi connectivity index (χ0n) is 14.5. The van der Waals surface area contributed by atoms with Gasteiger partial charge in [0.15, 0.2) is 10.7 Å². The van der Waals surface area contributed by atoms with Crippen LogP contribution in [-0.2, 0) is 10.0 Å². The number of sulfonamides is 1. The smallest absolute Gasteiger partial charge is 0.267 e. The molecule has 1 aromatic heterocycles. The van der Waals surface area contributed by atoms with E-state index in [9.17, 15) is 17.6 Å². The van der Waals surface area contributed by atoms with Gasteiger partial charge in [0.2, 0.25) is 0 Å². The van der Waals surface area contributed by atoms with Crippen LogP contribution in [0.25, 0.3) is 0 Å². The molecule has 2 aromatic carbocycles. The summed E-state index contributed by atoms with van der Waals surface area (Å²) in [6, 6.07) is 11.4. The van der Waals surface area contributed by atoms with Gasteiger partial charge in [0.25, 0.3) is 15.9 Å². The molecule has 0 aliphatic heterocycles. The number of aryl methyl sites for hydroxylation is 2. The third kappa shape index (κ3) is 3.98. The zero-order valence-corrected chi connectivity index (χ0v) is 15.3. The largest absolute Gasteiger partial charge is 0.360 e. The highest BCUT2D eigenvalue weighted by Crippen LogP contribution is 2.25. The van der Waals surface area contributed by atoms with Gasteiger partial charge in [0, 0.05) is 5.69 Å². The Labute approximate surface area is 155 Å². The van der Waals surface area contributed by atoms with Crippen molar-refractivity contribution in [2.45, 2.75) is 18.7 Å². The number of nitrogens with one attached hydrogen (secondary N) is 2. The number of para-hydroxylation sites is 1. The van der Waals surface area contributed by atoms with Crippen molar-refractivity contribution in [1.29, 1.82) is 0 Å². The SMILES string of the molecule is Cc1noc(C)c1S(=O)(=O)Nc1ccccc1C(=O)Nc1ccc(F)cc1. The molecular weight excluding hydrogens is 373 g/mol. The molecule has 140 valence electrons. The third-order valence-electron chi connectivity index (χ3n) is 3.75. The Bertz CT molecular complexity index is 1070. The first-order valence-corrected chi connectivity index (χ1v) is 9.38. The molecule has 3 aromatic rings. The third-order valence-corrected chi connectivity index (χ3v) is 5.36. The van der Waals surface area contributed by atoms with E-state index in [1.165, 1.54) is 50.2 Å². The average Bonchev–Trinajstić information content (AvgIpc) is 2.96. The Kier molecular flexibility index (Phi) is 4.95. The molecule has 0 atom stereocenters. The van der Waals surface area contributed by atoms with Crippen LogP contribution >= 0.6 is 0 Å². The lowest BCUT2D eigenvalue weighted by Gasteiger charge is -2.12. The molecule has 27 heavy (non-hydrogen) atoms. The summed E-state index contributed by atoms with van der Waals surface area (Å²) in [5, 5.41) is 6.24. The van der Waals surface area contributed by atoms with E-state index in [0.717, 1.165) is 0 Å². The minimum Gasteiger partial charge on any atom is -0.360 e. The fourth-order valence-electron chi connectivity index (χ4n) is 2.56. The fourth-order valence-corrected chi connectivity index (χ4v) is 3.97. The lowest BCUT2D eigenvalue weighted by atomic mass is 10.1. The van der Waals surface area contributed by atoms with Crippen molar-refractivity contribution >= 4 is 27.3 Å². The molecule has 1 heterocycles. The second kappa shape index (κ2) is 7.20. The van der Waals surface area contributed by atoms with Gasteiger partial charge in [-0.25, -0.2) is 12.8 Å². The van der Waals surface area contributed by atoms with E-state index in [2.05, 4.69) is 15.2 Å². The van der Waals surface area contributed by atoms with Crippen LogP contribution in [0.4, 0.5) is 15.8 Å². The monoisotopic (exact) mass is 389 g/mol. The van der Waals surface area contributed by atoms with Crippen molar-refractivity contribution in [3.05, 3.63) is 71.4 Å². The highest BCUT2D eigenvalue weighted by Gasteiger charge is 2.25. The molecule has 0 fully saturated rings. The molecule has 7 nitrogen and oxygen atoms in total. The van der Waals surface area contributed by atoms with Gasteiger partial charge in [-0.2, -0.15) is 0 Å². The van der Waals surface area contributed by atoms with Crippen LogP contribution in [0.15, 0.2) is 57.9 Å². The van der Waals surface area contributed by atoms with Crippen LogP contribution in [0.1, 0.15) is 21.8 Å². The van der Waals surface area contributed by atoms with Gasteiger partial charge in [-0.05, 0) is 50.2 Å². The number of aromatic nitrogens is 1. The molecule has 0 aliphatic rings. The van der Waals surface area contributed by atoms with Crippen molar-refractivity contribution in [2.24, 2.45) is 0 Å². The summed E-state index contributed by atoms with van der Waals surface area (Å²) in [5.41, 5.74) is 0.798. The van der Waals surface area contributed by atoms with Gasteiger partial charge in [0.05, 0.1) is 11.3 Å². The lowest BCUT2D eigenvalue weighted by Crippen LogP contribution is -2.19. The van der Waals surface area contributed by atoms with Crippen LogP contribution in [-0.4, -0.2) is 19.5 Å². The first-order chi connectivity index (χ1) is 12.8. The van der Waals surface area contributed by atoms with Gasteiger partial charge >= 0.3 is 0 Å². The van der Waals surface area contributed by atoms with Gasteiger partial charge < -0.3 is 9.84 Å². The number of halogens is 1. The number of carbonyl (C=O) groups is 1. The summed E-state index contributed by atoms with van der Waals surface area (Å²) < 4.78 is 45.7. The van der Waals surface area contributed by atoms with Crippen LogP contribution in [0.5, 0.6) is 0 Å². The molecule has 1 amide bonds. The predicted octanol–water partition coefficient (Wildman–Crippen LogP) is 3.48. The Morgan fingerprint density at radius 3 is 2.37 bits per heavy atom. The van der Waals surface area contributed by atoms with E-state index in [1.807, 2.05) is 0 Å². The minimum atomic E-state index is -4.00. The standard InChI is InChI=1S/C18H16FN3O4S/c1-11-17(12(2)26-21-11)27(24,25)22-16-6-4-3-5-15(16)18(23)20-14-9-7-13(19)8-10-14/h3-10,22H,1-2H3,(H,20,23). The normalized spacial score (nSPS) is 11.2. The highest BCUT2D eigenvalue weighted by atomic mass is 32.2. The maximum Gasteiger partial charge on any atom is 0.267 e. The number of benzene rings is 2. The first-order valence-electron chi connectivity index (χ1n) is 7.89. The average molecular weight is 389 g/mol. The Balaban J connectivity index is 1.90. The number of anilines is 2. The summed E-state index contributed by atoms with van der Waals surface area (Å²) in [6.07, 6.45) is 0.